The number of benzene rings is 1. The third kappa shape index (κ3) is 2.72. The SMILES string of the molecule is COCc1ccc(O)c(COC)c1. The minimum absolute atomic E-state index is 0.265. The van der Waals surface area contributed by atoms with Crippen LogP contribution in [0.2, 0.25) is 0 Å². The van der Waals surface area contributed by atoms with Crippen molar-refractivity contribution >= 4 is 0 Å². The van der Waals surface area contributed by atoms with Gasteiger partial charge in [0.15, 0.2) is 0 Å². The number of hydrogen-bond donors (Lipinski definition) is 1. The van der Waals surface area contributed by atoms with E-state index in [4.69, 9.17) is 9.47 Å². The lowest BCUT2D eigenvalue weighted by Crippen LogP contribution is -1.92. The van der Waals surface area contributed by atoms with E-state index >= 15 is 0 Å². The molecule has 13 heavy (non-hydrogen) atoms. The minimum Gasteiger partial charge on any atom is -0.508 e. The second kappa shape index (κ2) is 4.84. The molecule has 0 aromatic heterocycles. The van der Waals surface area contributed by atoms with Crippen LogP contribution in [0.15, 0.2) is 18.2 Å². The van der Waals surface area contributed by atoms with Gasteiger partial charge >= 0.3 is 0 Å². The number of phenolic OH excluding ortho intramolecular Hbond substituents is 1. The van der Waals surface area contributed by atoms with Gasteiger partial charge in [-0.05, 0) is 17.7 Å². The fourth-order valence-electron chi connectivity index (χ4n) is 1.17. The van der Waals surface area contributed by atoms with Crippen molar-refractivity contribution in [3.63, 3.8) is 0 Å². The Morgan fingerprint density at radius 2 is 1.85 bits per heavy atom. The molecular weight excluding hydrogens is 168 g/mol. The first-order valence-electron chi connectivity index (χ1n) is 4.06. The van der Waals surface area contributed by atoms with Crippen LogP contribution in [0, 0.1) is 0 Å². The quantitative estimate of drug-likeness (QED) is 0.770. The molecular formula is C10H14O3. The van der Waals surface area contributed by atoms with Crippen molar-refractivity contribution in [1.82, 2.24) is 0 Å². The first-order chi connectivity index (χ1) is 6.27. The molecule has 0 unspecified atom stereocenters. The Morgan fingerprint density at radius 3 is 2.46 bits per heavy atom. The van der Waals surface area contributed by atoms with Gasteiger partial charge in [0, 0.05) is 19.8 Å². The van der Waals surface area contributed by atoms with Gasteiger partial charge in [0.1, 0.15) is 5.75 Å². The molecule has 3 heteroatoms. The molecule has 1 N–H and O–H groups in total. The Kier molecular flexibility index (Phi) is 3.73. The Labute approximate surface area is 77.9 Å². The fraction of sp³-hybridized carbons (Fsp3) is 0.400. The molecule has 1 rings (SSSR count). The lowest BCUT2D eigenvalue weighted by molar-refractivity contribution is 0.178. The van der Waals surface area contributed by atoms with Crippen molar-refractivity contribution in [2.45, 2.75) is 13.2 Å². The predicted molar refractivity (Wildman–Crippen MR) is 49.5 cm³/mol. The molecule has 0 aliphatic heterocycles. The van der Waals surface area contributed by atoms with Crippen molar-refractivity contribution in [2.24, 2.45) is 0 Å². The maximum absolute atomic E-state index is 9.41. The van der Waals surface area contributed by atoms with E-state index < -0.39 is 0 Å². The predicted octanol–water partition coefficient (Wildman–Crippen LogP) is 1.68. The van der Waals surface area contributed by atoms with Crippen LogP contribution in [0.1, 0.15) is 11.1 Å². The van der Waals surface area contributed by atoms with Crippen LogP contribution in [0.3, 0.4) is 0 Å². The van der Waals surface area contributed by atoms with E-state index in [-0.39, 0.29) is 5.75 Å². The molecule has 0 radical (unpaired) electrons. The summed E-state index contributed by atoms with van der Waals surface area (Å²) < 4.78 is 9.92. The van der Waals surface area contributed by atoms with Gasteiger partial charge in [-0.15, -0.1) is 0 Å². The lowest BCUT2D eigenvalue weighted by atomic mass is 10.1. The normalized spacial score (nSPS) is 10.3. The molecule has 0 atom stereocenters. The maximum atomic E-state index is 9.41. The van der Waals surface area contributed by atoms with Crippen LogP contribution in [0.4, 0.5) is 0 Å². The average molecular weight is 182 g/mol. The number of methoxy groups -OCH3 is 2. The highest BCUT2D eigenvalue weighted by Crippen LogP contribution is 2.19. The molecule has 1 aromatic carbocycles. The summed E-state index contributed by atoms with van der Waals surface area (Å²) in [5.74, 6) is 0.265. The first-order valence-corrected chi connectivity index (χ1v) is 4.06. The average Bonchev–Trinajstić information content (AvgIpc) is 2.12. The number of hydrogen-bond acceptors (Lipinski definition) is 3. The van der Waals surface area contributed by atoms with Crippen molar-refractivity contribution in [3.8, 4) is 5.75 Å². The van der Waals surface area contributed by atoms with Gasteiger partial charge in [-0.3, -0.25) is 0 Å². The molecule has 0 heterocycles. The zero-order valence-corrected chi connectivity index (χ0v) is 7.91. The molecule has 0 spiro atoms. The molecule has 0 saturated heterocycles. The second-order valence-corrected chi connectivity index (χ2v) is 2.83. The molecule has 0 amide bonds. The van der Waals surface area contributed by atoms with E-state index in [1.165, 1.54) is 0 Å². The summed E-state index contributed by atoms with van der Waals surface area (Å²) in [6, 6.07) is 5.36. The summed E-state index contributed by atoms with van der Waals surface area (Å²) >= 11 is 0. The van der Waals surface area contributed by atoms with Crippen LogP contribution in [0.25, 0.3) is 0 Å². The molecule has 1 aromatic rings. The number of aromatic hydroxyl groups is 1. The van der Waals surface area contributed by atoms with E-state index in [2.05, 4.69) is 0 Å². The molecule has 0 saturated carbocycles. The van der Waals surface area contributed by atoms with E-state index in [1.807, 2.05) is 12.1 Å². The van der Waals surface area contributed by atoms with Gasteiger partial charge < -0.3 is 14.6 Å². The van der Waals surface area contributed by atoms with Crippen molar-refractivity contribution < 1.29 is 14.6 Å². The first kappa shape index (κ1) is 10.0. The number of phenols is 1. The summed E-state index contributed by atoms with van der Waals surface area (Å²) in [5, 5.41) is 9.41. The summed E-state index contributed by atoms with van der Waals surface area (Å²) in [4.78, 5) is 0. The van der Waals surface area contributed by atoms with E-state index in [0.29, 0.717) is 13.2 Å². The monoisotopic (exact) mass is 182 g/mol. The van der Waals surface area contributed by atoms with Crippen LogP contribution in [0.5, 0.6) is 5.75 Å². The van der Waals surface area contributed by atoms with Gasteiger partial charge in [0.05, 0.1) is 13.2 Å². The minimum atomic E-state index is 0.265. The zero-order valence-electron chi connectivity index (χ0n) is 7.91. The zero-order chi connectivity index (χ0) is 9.68. The highest BCUT2D eigenvalue weighted by molar-refractivity contribution is 5.35. The van der Waals surface area contributed by atoms with E-state index in [1.54, 1.807) is 20.3 Å². The van der Waals surface area contributed by atoms with Crippen LogP contribution in [-0.4, -0.2) is 19.3 Å². The number of ether oxygens (including phenoxy) is 2. The second-order valence-electron chi connectivity index (χ2n) is 2.83. The lowest BCUT2D eigenvalue weighted by Gasteiger charge is -2.06. The Morgan fingerprint density at radius 1 is 1.15 bits per heavy atom. The van der Waals surface area contributed by atoms with E-state index in [0.717, 1.165) is 11.1 Å². The summed E-state index contributed by atoms with van der Waals surface area (Å²) in [6.07, 6.45) is 0. The highest BCUT2D eigenvalue weighted by atomic mass is 16.5. The number of rotatable bonds is 4. The van der Waals surface area contributed by atoms with Crippen molar-refractivity contribution in [3.05, 3.63) is 29.3 Å². The molecule has 72 valence electrons. The maximum Gasteiger partial charge on any atom is 0.121 e. The van der Waals surface area contributed by atoms with Crippen LogP contribution >= 0.6 is 0 Å². The Bertz CT molecular complexity index is 271. The fourth-order valence-corrected chi connectivity index (χ4v) is 1.17. The molecule has 0 aliphatic rings. The van der Waals surface area contributed by atoms with Gasteiger partial charge in [-0.25, -0.2) is 0 Å². The smallest absolute Gasteiger partial charge is 0.121 e. The largest absolute Gasteiger partial charge is 0.508 e. The van der Waals surface area contributed by atoms with Crippen LogP contribution < -0.4 is 0 Å². The Hall–Kier alpha value is -1.06. The highest BCUT2D eigenvalue weighted by Gasteiger charge is 2.01. The summed E-state index contributed by atoms with van der Waals surface area (Å²) in [6.45, 7) is 0.973. The van der Waals surface area contributed by atoms with Crippen molar-refractivity contribution in [1.29, 1.82) is 0 Å². The molecule has 0 aliphatic carbocycles. The standard InChI is InChI=1S/C10H14O3/c1-12-6-8-3-4-10(11)9(5-8)7-13-2/h3-5,11H,6-7H2,1-2H3. The third-order valence-electron chi connectivity index (χ3n) is 1.75. The van der Waals surface area contributed by atoms with Crippen molar-refractivity contribution in [2.75, 3.05) is 14.2 Å². The summed E-state index contributed by atoms with van der Waals surface area (Å²) in [7, 11) is 3.24. The van der Waals surface area contributed by atoms with Gasteiger partial charge in [0.25, 0.3) is 0 Å². The van der Waals surface area contributed by atoms with Crippen LogP contribution in [-0.2, 0) is 22.7 Å². The summed E-state index contributed by atoms with van der Waals surface area (Å²) in [5.41, 5.74) is 1.82. The van der Waals surface area contributed by atoms with Gasteiger partial charge in [0.2, 0.25) is 0 Å². The molecule has 3 nitrogen and oxygen atoms in total. The molecule has 0 fully saturated rings. The topological polar surface area (TPSA) is 38.7 Å². The third-order valence-corrected chi connectivity index (χ3v) is 1.75. The van der Waals surface area contributed by atoms with Gasteiger partial charge in [-0.2, -0.15) is 0 Å². The van der Waals surface area contributed by atoms with E-state index in [9.17, 15) is 5.11 Å². The van der Waals surface area contributed by atoms with Gasteiger partial charge in [-0.1, -0.05) is 6.07 Å². The Balaban J connectivity index is 2.83. The molecule has 0 bridgehead atoms.